The molecule has 0 fully saturated rings. The smallest absolute Gasteiger partial charge is 0.246 e. The van der Waals surface area contributed by atoms with Crippen LogP contribution in [0.3, 0.4) is 0 Å². The van der Waals surface area contributed by atoms with E-state index in [1.54, 1.807) is 18.2 Å². The van der Waals surface area contributed by atoms with Crippen molar-refractivity contribution in [2.45, 2.75) is 6.54 Å². The highest BCUT2D eigenvalue weighted by atomic mass is 35.5. The third kappa shape index (κ3) is 2.84. The van der Waals surface area contributed by atoms with Gasteiger partial charge in [-0.15, -0.1) is 5.10 Å². The van der Waals surface area contributed by atoms with Crippen LogP contribution in [0, 0.1) is 0 Å². The molecule has 0 atom stereocenters. The number of aromatic nitrogens is 3. The summed E-state index contributed by atoms with van der Waals surface area (Å²) in [5, 5.41) is 11.4. The second-order valence-electron chi connectivity index (χ2n) is 4.38. The maximum absolute atomic E-state index is 12.1. The predicted octanol–water partition coefficient (Wildman–Crippen LogP) is 3.38. The van der Waals surface area contributed by atoms with Gasteiger partial charge in [-0.1, -0.05) is 46.6 Å². The summed E-state index contributed by atoms with van der Waals surface area (Å²) in [5.74, 6) is -0.277. The Balaban J connectivity index is 1.81. The molecule has 21 heavy (non-hydrogen) atoms. The molecule has 1 amide bonds. The lowest BCUT2D eigenvalue weighted by Gasteiger charge is -2.09. The number of nitrogens with zero attached hydrogens (tertiary/aromatic N) is 3. The summed E-state index contributed by atoms with van der Waals surface area (Å²) < 4.78 is 1.52. The van der Waals surface area contributed by atoms with Gasteiger partial charge in [0.15, 0.2) is 0 Å². The van der Waals surface area contributed by atoms with E-state index < -0.39 is 0 Å². The Morgan fingerprint density at radius 1 is 1.10 bits per heavy atom. The van der Waals surface area contributed by atoms with Crippen molar-refractivity contribution in [2.75, 3.05) is 5.32 Å². The third-order valence-corrected chi connectivity index (χ3v) is 3.57. The van der Waals surface area contributed by atoms with Gasteiger partial charge in [0.25, 0.3) is 0 Å². The van der Waals surface area contributed by atoms with Crippen LogP contribution in [0.2, 0.25) is 10.0 Å². The van der Waals surface area contributed by atoms with Crippen LogP contribution in [0.1, 0.15) is 0 Å². The van der Waals surface area contributed by atoms with Crippen molar-refractivity contribution in [3.8, 4) is 0 Å². The van der Waals surface area contributed by atoms with E-state index in [0.29, 0.717) is 15.7 Å². The fraction of sp³-hybridized carbons (Fsp3) is 0.0714. The fourth-order valence-electron chi connectivity index (χ4n) is 1.97. The van der Waals surface area contributed by atoms with Crippen molar-refractivity contribution >= 4 is 45.8 Å². The quantitative estimate of drug-likeness (QED) is 0.804. The molecule has 1 aromatic heterocycles. The molecular formula is C14H10Cl2N4O. The average Bonchev–Trinajstić information content (AvgIpc) is 2.87. The molecule has 0 aliphatic rings. The highest BCUT2D eigenvalue weighted by Gasteiger charge is 2.12. The van der Waals surface area contributed by atoms with Crippen LogP contribution in [-0.4, -0.2) is 20.9 Å². The molecule has 0 bridgehead atoms. The summed E-state index contributed by atoms with van der Waals surface area (Å²) in [4.78, 5) is 12.1. The molecule has 0 saturated heterocycles. The van der Waals surface area contributed by atoms with Crippen LogP contribution in [0.5, 0.6) is 0 Å². The number of hydrogen-bond acceptors (Lipinski definition) is 3. The first-order valence-electron chi connectivity index (χ1n) is 6.17. The fourth-order valence-corrected chi connectivity index (χ4v) is 2.46. The zero-order valence-corrected chi connectivity index (χ0v) is 12.3. The number of para-hydroxylation sites is 2. The minimum Gasteiger partial charge on any atom is -0.322 e. The van der Waals surface area contributed by atoms with Crippen LogP contribution >= 0.6 is 23.2 Å². The van der Waals surface area contributed by atoms with E-state index in [-0.39, 0.29) is 12.5 Å². The molecule has 106 valence electrons. The van der Waals surface area contributed by atoms with Gasteiger partial charge >= 0.3 is 0 Å². The molecule has 1 heterocycles. The Labute approximate surface area is 130 Å². The first-order valence-corrected chi connectivity index (χ1v) is 6.93. The van der Waals surface area contributed by atoms with Crippen molar-refractivity contribution in [2.24, 2.45) is 0 Å². The van der Waals surface area contributed by atoms with E-state index in [4.69, 9.17) is 23.2 Å². The normalized spacial score (nSPS) is 10.8. The predicted molar refractivity (Wildman–Crippen MR) is 82.6 cm³/mol. The standard InChI is InChI=1S/C14H10Cl2N4O/c15-9-4-3-5-10(16)14(9)17-13(21)8-20-12-7-2-1-6-11(12)18-19-20/h1-7H,8H2,(H,17,21). The lowest BCUT2D eigenvalue weighted by molar-refractivity contribution is -0.116. The topological polar surface area (TPSA) is 59.8 Å². The van der Waals surface area contributed by atoms with Gasteiger partial charge in [0.1, 0.15) is 12.1 Å². The minimum atomic E-state index is -0.277. The molecule has 0 aliphatic carbocycles. The molecule has 0 saturated carbocycles. The number of fused-ring (bicyclic) bond motifs is 1. The first kappa shape index (κ1) is 13.9. The SMILES string of the molecule is O=C(Cn1nnc2ccccc21)Nc1c(Cl)cccc1Cl. The molecule has 3 rings (SSSR count). The summed E-state index contributed by atoms with van der Waals surface area (Å²) >= 11 is 12.0. The number of benzene rings is 2. The molecule has 2 aromatic carbocycles. The Morgan fingerprint density at radius 2 is 1.81 bits per heavy atom. The van der Waals surface area contributed by atoms with Crippen LogP contribution in [0.4, 0.5) is 5.69 Å². The van der Waals surface area contributed by atoms with E-state index in [9.17, 15) is 4.79 Å². The van der Waals surface area contributed by atoms with Crippen molar-refractivity contribution in [3.05, 3.63) is 52.5 Å². The summed E-state index contributed by atoms with van der Waals surface area (Å²) in [5.41, 5.74) is 1.93. The van der Waals surface area contributed by atoms with Crippen molar-refractivity contribution in [1.29, 1.82) is 0 Å². The zero-order chi connectivity index (χ0) is 14.8. The van der Waals surface area contributed by atoms with Gasteiger partial charge in [0.2, 0.25) is 5.91 Å². The maximum atomic E-state index is 12.1. The Hall–Kier alpha value is -2.11. The number of anilines is 1. The largest absolute Gasteiger partial charge is 0.322 e. The number of halogens is 2. The highest BCUT2D eigenvalue weighted by Crippen LogP contribution is 2.29. The highest BCUT2D eigenvalue weighted by molar-refractivity contribution is 6.39. The number of carbonyl (C=O) groups excluding carboxylic acids is 1. The van der Waals surface area contributed by atoms with Gasteiger partial charge < -0.3 is 5.32 Å². The van der Waals surface area contributed by atoms with Gasteiger partial charge in [-0.3, -0.25) is 4.79 Å². The minimum absolute atomic E-state index is 0.0298. The average molecular weight is 321 g/mol. The molecule has 3 aromatic rings. The first-order chi connectivity index (χ1) is 10.1. The molecule has 0 unspecified atom stereocenters. The monoisotopic (exact) mass is 320 g/mol. The lowest BCUT2D eigenvalue weighted by Crippen LogP contribution is -2.20. The molecule has 0 spiro atoms. The molecule has 5 nitrogen and oxygen atoms in total. The van der Waals surface area contributed by atoms with Crippen molar-refractivity contribution in [1.82, 2.24) is 15.0 Å². The zero-order valence-electron chi connectivity index (χ0n) is 10.8. The Morgan fingerprint density at radius 3 is 2.57 bits per heavy atom. The van der Waals surface area contributed by atoms with Crippen LogP contribution < -0.4 is 5.32 Å². The summed E-state index contributed by atoms with van der Waals surface area (Å²) in [6.07, 6.45) is 0. The van der Waals surface area contributed by atoms with Gasteiger partial charge in [0, 0.05) is 0 Å². The van der Waals surface area contributed by atoms with Crippen molar-refractivity contribution < 1.29 is 4.79 Å². The second kappa shape index (κ2) is 5.71. The number of rotatable bonds is 3. The molecule has 7 heteroatoms. The van der Waals surface area contributed by atoms with Gasteiger partial charge in [-0.25, -0.2) is 4.68 Å². The van der Waals surface area contributed by atoms with Crippen molar-refractivity contribution in [3.63, 3.8) is 0 Å². The molecular weight excluding hydrogens is 311 g/mol. The number of nitrogens with one attached hydrogen (secondary N) is 1. The van der Waals surface area contributed by atoms with E-state index in [1.165, 1.54) is 4.68 Å². The number of hydrogen-bond donors (Lipinski definition) is 1. The number of carbonyl (C=O) groups is 1. The Kier molecular flexibility index (Phi) is 3.77. The summed E-state index contributed by atoms with van der Waals surface area (Å²) in [6, 6.07) is 12.5. The van der Waals surface area contributed by atoms with Gasteiger partial charge in [-0.05, 0) is 24.3 Å². The van der Waals surface area contributed by atoms with Crippen LogP contribution in [0.25, 0.3) is 11.0 Å². The van der Waals surface area contributed by atoms with Crippen LogP contribution in [-0.2, 0) is 11.3 Å². The molecule has 1 N–H and O–H groups in total. The van der Waals surface area contributed by atoms with Crippen LogP contribution in [0.15, 0.2) is 42.5 Å². The second-order valence-corrected chi connectivity index (χ2v) is 5.20. The summed E-state index contributed by atoms with van der Waals surface area (Å²) in [7, 11) is 0. The van der Waals surface area contributed by atoms with Gasteiger partial charge in [0.05, 0.1) is 21.2 Å². The van der Waals surface area contributed by atoms with Gasteiger partial charge in [-0.2, -0.15) is 0 Å². The molecule has 0 radical (unpaired) electrons. The van der Waals surface area contributed by atoms with E-state index >= 15 is 0 Å². The third-order valence-electron chi connectivity index (χ3n) is 2.94. The Bertz CT molecular complexity index is 795. The molecule has 0 aliphatic heterocycles. The van der Waals surface area contributed by atoms with E-state index in [0.717, 1.165) is 11.0 Å². The lowest BCUT2D eigenvalue weighted by atomic mass is 10.3. The maximum Gasteiger partial charge on any atom is 0.246 e. The summed E-state index contributed by atoms with van der Waals surface area (Å²) in [6.45, 7) is 0.0298. The number of amides is 1. The van der Waals surface area contributed by atoms with E-state index in [2.05, 4.69) is 15.6 Å². The van der Waals surface area contributed by atoms with E-state index in [1.807, 2.05) is 24.3 Å².